The maximum atomic E-state index is 11.7. The average Bonchev–Trinajstić information content (AvgIpc) is 2.67. The second-order valence-corrected chi connectivity index (χ2v) is 3.84. The molecule has 1 fully saturated rings. The van der Waals surface area contributed by atoms with Crippen LogP contribution in [0.2, 0.25) is 0 Å². The summed E-state index contributed by atoms with van der Waals surface area (Å²) in [5.74, 6) is -0.219. The highest BCUT2D eigenvalue weighted by molar-refractivity contribution is 5.93. The van der Waals surface area contributed by atoms with Gasteiger partial charge in [-0.25, -0.2) is 4.79 Å². The normalized spacial score (nSPS) is 19.0. The molecule has 6 heteroatoms. The zero-order valence-corrected chi connectivity index (χ0v) is 9.42. The first-order chi connectivity index (χ1) is 8.16. The topological polar surface area (TPSA) is 71.5 Å². The Bertz CT molecular complexity index is 421. The number of ether oxygens (including phenoxy) is 1. The number of likely N-dealkylation sites (N-methyl/N-ethyl adjacent to an activating group) is 1. The van der Waals surface area contributed by atoms with Gasteiger partial charge in [-0.15, -0.1) is 0 Å². The Balaban J connectivity index is 1.83. The van der Waals surface area contributed by atoms with Gasteiger partial charge in [0.25, 0.3) is 5.91 Å². The summed E-state index contributed by atoms with van der Waals surface area (Å²) in [4.78, 5) is 28.1. The Kier molecular flexibility index (Phi) is 3.22. The maximum Gasteiger partial charge on any atom is 0.410 e. The van der Waals surface area contributed by atoms with E-state index in [1.807, 2.05) is 0 Å². The van der Waals surface area contributed by atoms with Crippen LogP contribution in [0, 0.1) is 0 Å². The van der Waals surface area contributed by atoms with Crippen LogP contribution in [0.25, 0.3) is 0 Å². The number of carbonyl (C=O) groups excluding carboxylic acids is 2. The lowest BCUT2D eigenvalue weighted by atomic mass is 10.2. The van der Waals surface area contributed by atoms with Crippen molar-refractivity contribution < 1.29 is 14.3 Å². The van der Waals surface area contributed by atoms with E-state index in [1.165, 1.54) is 11.1 Å². The van der Waals surface area contributed by atoms with E-state index in [2.05, 4.69) is 10.3 Å². The van der Waals surface area contributed by atoms with Crippen molar-refractivity contribution in [2.45, 2.75) is 6.10 Å². The van der Waals surface area contributed by atoms with Gasteiger partial charge in [0.15, 0.2) is 0 Å². The summed E-state index contributed by atoms with van der Waals surface area (Å²) in [5, 5.41) is 2.70. The molecule has 0 saturated carbocycles. The van der Waals surface area contributed by atoms with Crippen LogP contribution in [-0.2, 0) is 4.74 Å². The number of hydrogen-bond donors (Lipinski definition) is 1. The number of rotatable bonds is 3. The number of amides is 2. The molecule has 1 aromatic heterocycles. The van der Waals surface area contributed by atoms with E-state index in [4.69, 9.17) is 4.74 Å². The molecular weight excluding hydrogens is 222 g/mol. The summed E-state index contributed by atoms with van der Waals surface area (Å²) < 4.78 is 5.02. The van der Waals surface area contributed by atoms with Crippen molar-refractivity contribution in [3.8, 4) is 0 Å². The molecule has 0 radical (unpaired) electrons. The third-order valence-corrected chi connectivity index (χ3v) is 2.47. The third-order valence-electron chi connectivity index (χ3n) is 2.47. The van der Waals surface area contributed by atoms with E-state index in [-0.39, 0.29) is 18.1 Å². The van der Waals surface area contributed by atoms with E-state index < -0.39 is 0 Å². The predicted molar refractivity (Wildman–Crippen MR) is 59.5 cm³/mol. The number of carbonyl (C=O) groups is 2. The van der Waals surface area contributed by atoms with Crippen molar-refractivity contribution in [1.82, 2.24) is 15.2 Å². The molecule has 1 aliphatic rings. The molecule has 1 unspecified atom stereocenters. The van der Waals surface area contributed by atoms with Crippen LogP contribution in [-0.4, -0.2) is 48.1 Å². The largest absolute Gasteiger partial charge is 0.442 e. The lowest BCUT2D eigenvalue weighted by molar-refractivity contribution is 0.0914. The van der Waals surface area contributed by atoms with Crippen LogP contribution in [0.3, 0.4) is 0 Å². The quantitative estimate of drug-likeness (QED) is 0.815. The summed E-state index contributed by atoms with van der Waals surface area (Å²) in [6.45, 7) is 0.802. The predicted octanol–water partition coefficient (Wildman–Crippen LogP) is 0.262. The summed E-state index contributed by atoms with van der Waals surface area (Å²) in [6.07, 6.45) is 2.45. The Hall–Kier alpha value is -2.11. The molecule has 2 rings (SSSR count). The van der Waals surface area contributed by atoms with Crippen molar-refractivity contribution >= 4 is 12.0 Å². The zero-order chi connectivity index (χ0) is 12.3. The fourth-order valence-corrected chi connectivity index (χ4v) is 1.56. The van der Waals surface area contributed by atoms with Gasteiger partial charge in [0.05, 0.1) is 18.7 Å². The number of nitrogens with zero attached hydrogens (tertiary/aromatic N) is 2. The van der Waals surface area contributed by atoms with Gasteiger partial charge in [0.2, 0.25) is 0 Å². The van der Waals surface area contributed by atoms with E-state index in [9.17, 15) is 9.59 Å². The molecule has 1 saturated heterocycles. The number of nitrogens with one attached hydrogen (secondary N) is 1. The zero-order valence-electron chi connectivity index (χ0n) is 9.42. The minimum atomic E-state index is -0.356. The first-order valence-corrected chi connectivity index (χ1v) is 5.27. The molecule has 2 amide bonds. The van der Waals surface area contributed by atoms with Gasteiger partial charge < -0.3 is 15.0 Å². The van der Waals surface area contributed by atoms with Crippen LogP contribution in [0.5, 0.6) is 0 Å². The number of hydrogen-bond acceptors (Lipinski definition) is 4. The van der Waals surface area contributed by atoms with Gasteiger partial charge in [-0.1, -0.05) is 0 Å². The minimum Gasteiger partial charge on any atom is -0.442 e. The summed E-state index contributed by atoms with van der Waals surface area (Å²) in [5.41, 5.74) is 0.491. The fraction of sp³-hybridized carbons (Fsp3) is 0.364. The molecule has 2 heterocycles. The smallest absolute Gasteiger partial charge is 0.410 e. The van der Waals surface area contributed by atoms with Crippen molar-refractivity contribution in [2.75, 3.05) is 20.1 Å². The van der Waals surface area contributed by atoms with Crippen LogP contribution in [0.15, 0.2) is 24.5 Å². The Labute approximate surface area is 98.6 Å². The second-order valence-electron chi connectivity index (χ2n) is 3.84. The van der Waals surface area contributed by atoms with Crippen LogP contribution < -0.4 is 5.32 Å². The lowest BCUT2D eigenvalue weighted by Crippen LogP contribution is -2.34. The molecular formula is C11H13N3O3. The Morgan fingerprint density at radius 1 is 1.71 bits per heavy atom. The van der Waals surface area contributed by atoms with Crippen LogP contribution in [0.4, 0.5) is 4.79 Å². The van der Waals surface area contributed by atoms with Gasteiger partial charge in [-0.05, 0) is 12.1 Å². The highest BCUT2D eigenvalue weighted by Gasteiger charge is 2.28. The van der Waals surface area contributed by atoms with Crippen LogP contribution in [0.1, 0.15) is 10.4 Å². The first kappa shape index (κ1) is 11.4. The van der Waals surface area contributed by atoms with Gasteiger partial charge >= 0.3 is 6.09 Å². The third kappa shape index (κ3) is 2.72. The molecule has 1 N–H and O–H groups in total. The van der Waals surface area contributed by atoms with E-state index in [0.717, 1.165) is 0 Å². The average molecular weight is 235 g/mol. The van der Waals surface area contributed by atoms with Crippen molar-refractivity contribution in [3.63, 3.8) is 0 Å². The monoisotopic (exact) mass is 235 g/mol. The van der Waals surface area contributed by atoms with Crippen molar-refractivity contribution in [3.05, 3.63) is 30.1 Å². The molecule has 0 spiro atoms. The molecule has 1 atom stereocenters. The van der Waals surface area contributed by atoms with Crippen molar-refractivity contribution in [1.29, 1.82) is 0 Å². The fourth-order valence-electron chi connectivity index (χ4n) is 1.56. The molecule has 0 aromatic carbocycles. The van der Waals surface area contributed by atoms with E-state index >= 15 is 0 Å². The number of aromatic nitrogens is 1. The number of pyridine rings is 1. The van der Waals surface area contributed by atoms with Crippen LogP contribution >= 0.6 is 0 Å². The minimum absolute atomic E-state index is 0.219. The first-order valence-electron chi connectivity index (χ1n) is 5.27. The summed E-state index contributed by atoms with van der Waals surface area (Å²) in [7, 11) is 1.66. The van der Waals surface area contributed by atoms with Gasteiger partial charge in [0, 0.05) is 19.4 Å². The van der Waals surface area contributed by atoms with Crippen molar-refractivity contribution in [2.24, 2.45) is 0 Å². The highest BCUT2D eigenvalue weighted by Crippen LogP contribution is 2.07. The van der Waals surface area contributed by atoms with Gasteiger partial charge in [0.1, 0.15) is 6.10 Å². The second kappa shape index (κ2) is 4.82. The molecule has 1 aromatic rings. The molecule has 90 valence electrons. The SMILES string of the molecule is CN1CC(CNC(=O)c2cccnc2)OC1=O. The lowest BCUT2D eigenvalue weighted by Gasteiger charge is -2.09. The Morgan fingerprint density at radius 3 is 3.12 bits per heavy atom. The number of cyclic esters (lactones) is 1. The maximum absolute atomic E-state index is 11.7. The van der Waals surface area contributed by atoms with E-state index in [1.54, 1.807) is 25.4 Å². The Morgan fingerprint density at radius 2 is 2.53 bits per heavy atom. The van der Waals surface area contributed by atoms with Gasteiger partial charge in [-0.3, -0.25) is 9.78 Å². The summed E-state index contributed by atoms with van der Waals surface area (Å²) >= 11 is 0. The summed E-state index contributed by atoms with van der Waals surface area (Å²) in [6, 6.07) is 3.37. The van der Waals surface area contributed by atoms with E-state index in [0.29, 0.717) is 18.7 Å². The molecule has 6 nitrogen and oxygen atoms in total. The molecule has 0 bridgehead atoms. The molecule has 0 aliphatic carbocycles. The van der Waals surface area contributed by atoms with Gasteiger partial charge in [-0.2, -0.15) is 0 Å². The molecule has 1 aliphatic heterocycles. The standard InChI is InChI=1S/C11H13N3O3/c1-14-7-9(17-11(14)16)6-13-10(15)8-3-2-4-12-5-8/h2-5,9H,6-7H2,1H3,(H,13,15). The molecule has 17 heavy (non-hydrogen) atoms. The highest BCUT2D eigenvalue weighted by atomic mass is 16.6.